The van der Waals surface area contributed by atoms with Gasteiger partial charge in [-0.2, -0.15) is 17.9 Å². The zero-order valence-corrected chi connectivity index (χ0v) is 12.3. The van der Waals surface area contributed by atoms with Crippen molar-refractivity contribution in [3.05, 3.63) is 29.8 Å². The maximum Gasteiger partial charge on any atom is 0.277 e. The van der Waals surface area contributed by atoms with Crippen molar-refractivity contribution in [2.45, 2.75) is 31.3 Å². The molecule has 0 spiro atoms. The van der Waals surface area contributed by atoms with Gasteiger partial charge in [-0.1, -0.05) is 12.1 Å². The van der Waals surface area contributed by atoms with Crippen LogP contribution in [0.5, 0.6) is 0 Å². The highest BCUT2D eigenvalue weighted by Gasteiger charge is 2.11. The van der Waals surface area contributed by atoms with Crippen molar-refractivity contribution >= 4 is 20.2 Å². The second kappa shape index (κ2) is 5.97. The number of rotatable bonds is 6. The minimum Gasteiger partial charge on any atom is -0.225 e. The quantitative estimate of drug-likeness (QED) is 0.666. The summed E-state index contributed by atoms with van der Waals surface area (Å²) in [7, 11) is -7.29. The predicted octanol–water partition coefficient (Wildman–Crippen LogP) is -0.334. The predicted molar refractivity (Wildman–Crippen MR) is 71.8 cm³/mol. The molecule has 1 rings (SSSR count). The second-order valence-electron chi connectivity index (χ2n) is 4.29. The third-order valence-electron chi connectivity index (χ3n) is 2.11. The summed E-state index contributed by atoms with van der Waals surface area (Å²) < 4.78 is 49.8. The standard InChI is InChI=1S/C10H17N3O4S2/c1-8(2)13-19(16,17)12-7-9-3-5-10(6-4-9)18(11,14)15/h3-6,8,12-13H,7H2,1-2H3,(H2,11,14,15). The molecule has 0 fully saturated rings. The molecule has 108 valence electrons. The molecule has 0 aromatic heterocycles. The fourth-order valence-electron chi connectivity index (χ4n) is 1.33. The van der Waals surface area contributed by atoms with Gasteiger partial charge in [0.1, 0.15) is 0 Å². The highest BCUT2D eigenvalue weighted by atomic mass is 32.2. The minimum absolute atomic E-state index is 0.0144. The topological polar surface area (TPSA) is 118 Å². The maximum atomic E-state index is 11.5. The maximum absolute atomic E-state index is 11.5. The molecule has 19 heavy (non-hydrogen) atoms. The molecule has 4 N–H and O–H groups in total. The Hall–Kier alpha value is -1.00. The van der Waals surface area contributed by atoms with Gasteiger partial charge in [0.2, 0.25) is 10.0 Å². The smallest absolute Gasteiger partial charge is 0.225 e. The SMILES string of the molecule is CC(C)NS(=O)(=O)NCc1ccc(S(N)(=O)=O)cc1. The van der Waals surface area contributed by atoms with E-state index in [0.717, 1.165) is 0 Å². The van der Waals surface area contributed by atoms with Crippen LogP contribution in [0.3, 0.4) is 0 Å². The fourth-order valence-corrected chi connectivity index (χ4v) is 2.90. The van der Waals surface area contributed by atoms with Gasteiger partial charge >= 0.3 is 0 Å². The Kier molecular flexibility index (Phi) is 5.04. The number of benzene rings is 1. The molecule has 9 heteroatoms. The van der Waals surface area contributed by atoms with Crippen LogP contribution in [0.1, 0.15) is 19.4 Å². The molecule has 0 unspecified atom stereocenters. The number of hydrogen-bond acceptors (Lipinski definition) is 4. The van der Waals surface area contributed by atoms with E-state index in [1.165, 1.54) is 24.3 Å². The van der Waals surface area contributed by atoms with Crippen molar-refractivity contribution < 1.29 is 16.8 Å². The molecule has 0 aliphatic heterocycles. The molecule has 0 aliphatic rings. The van der Waals surface area contributed by atoms with E-state index in [2.05, 4.69) is 9.44 Å². The van der Waals surface area contributed by atoms with E-state index in [0.29, 0.717) is 5.56 Å². The highest BCUT2D eigenvalue weighted by Crippen LogP contribution is 2.08. The summed E-state index contributed by atoms with van der Waals surface area (Å²) in [6.07, 6.45) is 0. The van der Waals surface area contributed by atoms with Crippen molar-refractivity contribution in [1.82, 2.24) is 9.44 Å². The van der Waals surface area contributed by atoms with Crippen LogP contribution in [-0.4, -0.2) is 22.9 Å². The van der Waals surface area contributed by atoms with E-state index in [9.17, 15) is 16.8 Å². The van der Waals surface area contributed by atoms with Crippen LogP contribution in [-0.2, 0) is 26.8 Å². The summed E-state index contributed by atoms with van der Waals surface area (Å²) in [5.74, 6) is 0. The Labute approximate surface area is 113 Å². The third-order valence-corrected chi connectivity index (χ3v) is 4.34. The lowest BCUT2D eigenvalue weighted by Gasteiger charge is -2.10. The van der Waals surface area contributed by atoms with Crippen molar-refractivity contribution in [3.8, 4) is 0 Å². The van der Waals surface area contributed by atoms with Crippen LogP contribution >= 0.6 is 0 Å². The summed E-state index contributed by atoms with van der Waals surface area (Å²) in [4.78, 5) is -0.0144. The van der Waals surface area contributed by atoms with Gasteiger partial charge in [0.05, 0.1) is 4.90 Å². The molecule has 0 atom stereocenters. The van der Waals surface area contributed by atoms with E-state index < -0.39 is 20.2 Å². The highest BCUT2D eigenvalue weighted by molar-refractivity contribution is 7.89. The Morgan fingerprint density at radius 1 is 1.11 bits per heavy atom. The molecular weight excluding hydrogens is 290 g/mol. The Morgan fingerprint density at radius 3 is 2.05 bits per heavy atom. The number of primary sulfonamides is 1. The summed E-state index contributed by atoms with van der Waals surface area (Å²) >= 11 is 0. The molecule has 1 aromatic carbocycles. The summed E-state index contributed by atoms with van der Waals surface area (Å²) in [6.45, 7) is 3.48. The lowest BCUT2D eigenvalue weighted by molar-refractivity contribution is 0.554. The first-order valence-corrected chi connectivity index (χ1v) is 8.52. The van der Waals surface area contributed by atoms with Gasteiger partial charge in [-0.3, -0.25) is 0 Å². The average molecular weight is 307 g/mol. The molecule has 0 saturated heterocycles. The number of nitrogens with two attached hydrogens (primary N) is 1. The average Bonchev–Trinajstić information content (AvgIpc) is 2.24. The van der Waals surface area contributed by atoms with Crippen LogP contribution in [0.25, 0.3) is 0 Å². The van der Waals surface area contributed by atoms with Crippen molar-refractivity contribution in [2.24, 2.45) is 5.14 Å². The molecule has 1 aromatic rings. The van der Waals surface area contributed by atoms with Gasteiger partial charge in [-0.05, 0) is 31.5 Å². The Bertz CT molecular complexity index is 621. The monoisotopic (exact) mass is 307 g/mol. The first-order valence-electron chi connectivity index (χ1n) is 5.49. The molecule has 0 saturated carbocycles. The van der Waals surface area contributed by atoms with E-state index >= 15 is 0 Å². The van der Waals surface area contributed by atoms with Crippen LogP contribution < -0.4 is 14.6 Å². The number of nitrogens with one attached hydrogen (secondary N) is 2. The minimum atomic E-state index is -3.73. The van der Waals surface area contributed by atoms with Crippen LogP contribution in [0.15, 0.2) is 29.2 Å². The molecule has 7 nitrogen and oxygen atoms in total. The number of hydrogen-bond donors (Lipinski definition) is 3. The lowest BCUT2D eigenvalue weighted by Crippen LogP contribution is -2.39. The van der Waals surface area contributed by atoms with Gasteiger partial charge in [0, 0.05) is 12.6 Å². The molecular formula is C10H17N3O4S2. The Balaban J connectivity index is 2.70. The molecule has 0 aliphatic carbocycles. The largest absolute Gasteiger partial charge is 0.277 e. The van der Waals surface area contributed by atoms with Crippen LogP contribution in [0, 0.1) is 0 Å². The van der Waals surface area contributed by atoms with Crippen LogP contribution in [0.2, 0.25) is 0 Å². The van der Waals surface area contributed by atoms with Gasteiger partial charge in [-0.25, -0.2) is 13.6 Å². The summed E-state index contributed by atoms with van der Waals surface area (Å²) in [6, 6.07) is 5.45. The van der Waals surface area contributed by atoms with Crippen molar-refractivity contribution in [3.63, 3.8) is 0 Å². The van der Waals surface area contributed by atoms with Crippen molar-refractivity contribution in [2.75, 3.05) is 0 Å². The Morgan fingerprint density at radius 2 is 1.63 bits per heavy atom. The third kappa shape index (κ3) is 5.66. The van der Waals surface area contributed by atoms with Gasteiger partial charge in [-0.15, -0.1) is 0 Å². The lowest BCUT2D eigenvalue weighted by atomic mass is 10.2. The first-order chi connectivity index (χ1) is 8.60. The zero-order valence-electron chi connectivity index (χ0n) is 10.6. The van der Waals surface area contributed by atoms with Gasteiger partial charge in [0.15, 0.2) is 0 Å². The van der Waals surface area contributed by atoms with E-state index in [4.69, 9.17) is 5.14 Å². The first kappa shape index (κ1) is 16.1. The summed E-state index contributed by atoms with van der Waals surface area (Å²) in [5, 5.41) is 4.96. The van der Waals surface area contributed by atoms with Gasteiger partial charge in [0.25, 0.3) is 10.2 Å². The summed E-state index contributed by atoms with van der Waals surface area (Å²) in [5.41, 5.74) is 0.626. The van der Waals surface area contributed by atoms with Crippen molar-refractivity contribution in [1.29, 1.82) is 0 Å². The van der Waals surface area contributed by atoms with Crippen LogP contribution in [0.4, 0.5) is 0 Å². The van der Waals surface area contributed by atoms with E-state index in [-0.39, 0.29) is 17.5 Å². The normalized spacial score (nSPS) is 12.8. The molecule has 0 radical (unpaired) electrons. The fraction of sp³-hybridized carbons (Fsp3) is 0.400. The molecule has 0 bridgehead atoms. The zero-order chi connectivity index (χ0) is 14.7. The number of sulfonamides is 1. The molecule has 0 amide bonds. The van der Waals surface area contributed by atoms with E-state index in [1.807, 2.05) is 0 Å². The molecule has 0 heterocycles. The van der Waals surface area contributed by atoms with Gasteiger partial charge < -0.3 is 0 Å². The second-order valence-corrected chi connectivity index (χ2v) is 7.38. The van der Waals surface area contributed by atoms with E-state index in [1.54, 1.807) is 13.8 Å².